The molecule has 22 heavy (non-hydrogen) atoms. The number of nitrogens with one attached hydrogen (secondary N) is 1. The molecule has 3 nitrogen and oxygen atoms in total. The molecule has 2 aromatic rings. The van der Waals surface area contributed by atoms with Crippen molar-refractivity contribution in [2.75, 3.05) is 12.3 Å². The highest BCUT2D eigenvalue weighted by molar-refractivity contribution is 7.89. The molecule has 6 heteroatoms. The highest BCUT2D eigenvalue weighted by atomic mass is 35.5. The van der Waals surface area contributed by atoms with Crippen LogP contribution in [0.3, 0.4) is 0 Å². The summed E-state index contributed by atoms with van der Waals surface area (Å²) in [7, 11) is -3.43. The van der Waals surface area contributed by atoms with Crippen LogP contribution in [-0.2, 0) is 22.9 Å². The van der Waals surface area contributed by atoms with Crippen LogP contribution in [0.5, 0.6) is 0 Å². The molecule has 0 radical (unpaired) electrons. The van der Waals surface area contributed by atoms with E-state index in [0.29, 0.717) is 23.6 Å². The maximum absolute atomic E-state index is 13.4. The topological polar surface area (TPSA) is 46.2 Å². The lowest BCUT2D eigenvalue weighted by Gasteiger charge is -2.07. The molecule has 0 saturated heterocycles. The fourth-order valence-electron chi connectivity index (χ4n) is 2.06. The van der Waals surface area contributed by atoms with Crippen LogP contribution in [0.2, 0.25) is 5.02 Å². The van der Waals surface area contributed by atoms with Gasteiger partial charge < -0.3 is 0 Å². The van der Waals surface area contributed by atoms with E-state index in [1.807, 2.05) is 12.1 Å². The molecule has 0 aliphatic carbocycles. The van der Waals surface area contributed by atoms with Gasteiger partial charge in [-0.1, -0.05) is 41.9 Å². The molecule has 0 aliphatic rings. The summed E-state index contributed by atoms with van der Waals surface area (Å²) in [4.78, 5) is 0. The van der Waals surface area contributed by atoms with Crippen LogP contribution < -0.4 is 4.72 Å². The van der Waals surface area contributed by atoms with Crippen molar-refractivity contribution >= 4 is 21.6 Å². The summed E-state index contributed by atoms with van der Waals surface area (Å²) in [5.41, 5.74) is 1.37. The van der Waals surface area contributed by atoms with Crippen molar-refractivity contribution in [1.82, 2.24) is 4.72 Å². The number of hydrogen-bond acceptors (Lipinski definition) is 2. The molecule has 0 amide bonds. The number of sulfonamides is 1. The molecule has 0 bridgehead atoms. The van der Waals surface area contributed by atoms with Crippen LogP contribution in [0.15, 0.2) is 48.5 Å². The van der Waals surface area contributed by atoms with Gasteiger partial charge in [-0.15, -0.1) is 0 Å². The Morgan fingerprint density at radius 3 is 2.55 bits per heavy atom. The first kappa shape index (κ1) is 16.9. The Balaban J connectivity index is 1.83. The molecule has 118 valence electrons. The molecule has 0 unspecified atom stereocenters. The van der Waals surface area contributed by atoms with Gasteiger partial charge in [0.2, 0.25) is 10.0 Å². The lowest BCUT2D eigenvalue weighted by molar-refractivity contribution is 0.578. The summed E-state index contributed by atoms with van der Waals surface area (Å²) in [6.45, 7) is 0.292. The van der Waals surface area contributed by atoms with Crippen LogP contribution in [0.4, 0.5) is 4.39 Å². The first-order chi connectivity index (χ1) is 10.5. The third-order valence-electron chi connectivity index (χ3n) is 3.22. The van der Waals surface area contributed by atoms with E-state index in [0.717, 1.165) is 5.56 Å². The van der Waals surface area contributed by atoms with E-state index in [-0.39, 0.29) is 18.0 Å². The van der Waals surface area contributed by atoms with Gasteiger partial charge in [0.05, 0.1) is 5.75 Å². The van der Waals surface area contributed by atoms with Crippen molar-refractivity contribution in [3.05, 3.63) is 70.5 Å². The molecule has 2 aromatic carbocycles. The number of aryl methyl sites for hydroxylation is 1. The molecule has 0 aliphatic heterocycles. The van der Waals surface area contributed by atoms with Gasteiger partial charge in [0, 0.05) is 11.6 Å². The second kappa shape index (κ2) is 7.72. The number of halogens is 2. The van der Waals surface area contributed by atoms with Gasteiger partial charge in [-0.05, 0) is 42.2 Å². The normalized spacial score (nSPS) is 11.5. The SMILES string of the molecule is O=S(=O)(CCc1ccccc1F)NCCc1cccc(Cl)c1. The predicted octanol–water partition coefficient (Wildman–Crippen LogP) is 3.18. The summed E-state index contributed by atoms with van der Waals surface area (Å²) in [6.07, 6.45) is 0.707. The first-order valence-corrected chi connectivity index (χ1v) is 8.94. The highest BCUT2D eigenvalue weighted by Gasteiger charge is 2.11. The van der Waals surface area contributed by atoms with Crippen molar-refractivity contribution in [3.63, 3.8) is 0 Å². The van der Waals surface area contributed by atoms with E-state index in [1.165, 1.54) is 6.07 Å². The average molecular weight is 342 g/mol. The van der Waals surface area contributed by atoms with Gasteiger partial charge in [0.15, 0.2) is 0 Å². The summed E-state index contributed by atoms with van der Waals surface area (Å²) >= 11 is 5.87. The Kier molecular flexibility index (Phi) is 5.94. The van der Waals surface area contributed by atoms with E-state index in [9.17, 15) is 12.8 Å². The third-order valence-corrected chi connectivity index (χ3v) is 4.84. The summed E-state index contributed by atoms with van der Waals surface area (Å²) in [5.74, 6) is -0.514. The van der Waals surface area contributed by atoms with Gasteiger partial charge in [-0.25, -0.2) is 17.5 Å². The zero-order valence-electron chi connectivity index (χ0n) is 11.9. The minimum atomic E-state index is -3.43. The molecule has 1 N–H and O–H groups in total. The van der Waals surface area contributed by atoms with Crippen LogP contribution in [-0.4, -0.2) is 20.7 Å². The fraction of sp³-hybridized carbons (Fsp3) is 0.250. The second-order valence-corrected chi connectivity index (χ2v) is 7.30. The molecular weight excluding hydrogens is 325 g/mol. The Hall–Kier alpha value is -1.43. The fourth-order valence-corrected chi connectivity index (χ4v) is 3.32. The van der Waals surface area contributed by atoms with Crippen LogP contribution >= 0.6 is 11.6 Å². The summed E-state index contributed by atoms with van der Waals surface area (Å²) in [6, 6.07) is 13.5. The van der Waals surface area contributed by atoms with E-state index < -0.39 is 10.0 Å². The lowest BCUT2D eigenvalue weighted by atomic mass is 10.2. The largest absolute Gasteiger partial charge is 0.215 e. The van der Waals surface area contributed by atoms with Crippen molar-refractivity contribution in [1.29, 1.82) is 0 Å². The van der Waals surface area contributed by atoms with Gasteiger partial charge in [0.1, 0.15) is 5.82 Å². The van der Waals surface area contributed by atoms with E-state index in [1.54, 1.807) is 30.3 Å². The molecule has 0 heterocycles. The second-order valence-electron chi connectivity index (χ2n) is 4.93. The highest BCUT2D eigenvalue weighted by Crippen LogP contribution is 2.11. The number of benzene rings is 2. The standard InChI is InChI=1S/C16H17ClFNO2S/c17-15-6-3-4-13(12-15)8-10-19-22(20,21)11-9-14-5-1-2-7-16(14)18/h1-7,12,19H,8-11H2. The quantitative estimate of drug-likeness (QED) is 0.840. The zero-order valence-corrected chi connectivity index (χ0v) is 13.5. The Morgan fingerprint density at radius 2 is 1.82 bits per heavy atom. The molecule has 0 atom stereocenters. The van der Waals surface area contributed by atoms with Crippen molar-refractivity contribution in [2.24, 2.45) is 0 Å². The van der Waals surface area contributed by atoms with Crippen LogP contribution in [0, 0.1) is 5.82 Å². The van der Waals surface area contributed by atoms with E-state index in [4.69, 9.17) is 11.6 Å². The Bertz CT molecular complexity index is 734. The summed E-state index contributed by atoms with van der Waals surface area (Å²) in [5, 5.41) is 0.625. The molecule has 2 rings (SSSR count). The van der Waals surface area contributed by atoms with Crippen LogP contribution in [0.1, 0.15) is 11.1 Å². The molecule has 0 spiro atoms. The minimum absolute atomic E-state index is 0.135. The van der Waals surface area contributed by atoms with Crippen LogP contribution in [0.25, 0.3) is 0 Å². The molecule has 0 saturated carbocycles. The number of rotatable bonds is 7. The predicted molar refractivity (Wildman–Crippen MR) is 87.0 cm³/mol. The average Bonchev–Trinajstić information content (AvgIpc) is 2.46. The van der Waals surface area contributed by atoms with Gasteiger partial charge in [0.25, 0.3) is 0 Å². The maximum atomic E-state index is 13.4. The van der Waals surface area contributed by atoms with E-state index >= 15 is 0 Å². The first-order valence-electron chi connectivity index (χ1n) is 6.91. The number of hydrogen-bond donors (Lipinski definition) is 1. The van der Waals surface area contributed by atoms with Crippen molar-refractivity contribution in [2.45, 2.75) is 12.8 Å². The lowest BCUT2D eigenvalue weighted by Crippen LogP contribution is -2.29. The summed E-state index contributed by atoms with van der Waals surface area (Å²) < 4.78 is 39.8. The van der Waals surface area contributed by atoms with Gasteiger partial charge >= 0.3 is 0 Å². The monoisotopic (exact) mass is 341 g/mol. The van der Waals surface area contributed by atoms with Gasteiger partial charge in [-0.3, -0.25) is 0 Å². The maximum Gasteiger partial charge on any atom is 0.211 e. The Morgan fingerprint density at radius 1 is 1.05 bits per heavy atom. The van der Waals surface area contributed by atoms with Crippen molar-refractivity contribution < 1.29 is 12.8 Å². The Labute approximate surface area is 135 Å². The smallest absolute Gasteiger partial charge is 0.211 e. The molecule has 0 fully saturated rings. The zero-order chi connectivity index (χ0) is 16.0. The van der Waals surface area contributed by atoms with Crippen molar-refractivity contribution in [3.8, 4) is 0 Å². The molecule has 0 aromatic heterocycles. The van der Waals surface area contributed by atoms with E-state index in [2.05, 4.69) is 4.72 Å². The third kappa shape index (κ3) is 5.40. The van der Waals surface area contributed by atoms with Gasteiger partial charge in [-0.2, -0.15) is 0 Å². The minimum Gasteiger partial charge on any atom is -0.215 e. The molecular formula is C16H17ClFNO2S.